The number of nitrogens with zero attached hydrogens (tertiary/aromatic N) is 2. The van der Waals surface area contributed by atoms with E-state index in [4.69, 9.17) is 28.5 Å². The molecule has 0 aromatic heterocycles. The third-order valence-electron chi connectivity index (χ3n) is 2.04. The topological polar surface area (TPSA) is 49.9 Å². The van der Waals surface area contributed by atoms with Crippen molar-refractivity contribution < 1.29 is 4.74 Å². The fourth-order valence-electron chi connectivity index (χ4n) is 0.943. The molecule has 84 valence electrons. The average Bonchev–Trinajstić information content (AvgIpc) is 2.22. The molecule has 0 saturated heterocycles. The molecule has 0 unspecified atom stereocenters. The summed E-state index contributed by atoms with van der Waals surface area (Å²) in [5, 5.41) is 21.3. The lowest BCUT2D eigenvalue weighted by Crippen LogP contribution is -2.31. The van der Waals surface area contributed by atoms with E-state index < -0.39 is 5.54 Å². The van der Waals surface area contributed by atoms with Crippen molar-refractivity contribution >= 4 is 29.4 Å². The Morgan fingerprint density at radius 1 is 1.44 bits per heavy atom. The highest BCUT2D eigenvalue weighted by atomic mass is 35.5. The van der Waals surface area contributed by atoms with E-state index in [-0.39, 0.29) is 0 Å². The molecular weight excluding hydrogens is 247 g/mol. The number of hydrogen-bond acceptors (Lipinski definition) is 2. The predicted molar refractivity (Wildman–Crippen MR) is 64.9 cm³/mol. The molecule has 1 aromatic rings. The number of hydrogen-bond donors (Lipinski definition) is 0. The van der Waals surface area contributed by atoms with E-state index >= 15 is 0 Å². The fraction of sp³-hybridized carbons (Fsp3) is 0.273. The van der Waals surface area contributed by atoms with Gasteiger partial charge in [-0.1, -0.05) is 23.2 Å². The number of hydroxylamine groups is 1. The normalized spacial score (nSPS) is 12.3. The molecule has 0 atom stereocenters. The van der Waals surface area contributed by atoms with Crippen molar-refractivity contribution in [2.45, 2.75) is 19.4 Å². The summed E-state index contributed by atoms with van der Waals surface area (Å²) >= 11 is 11.6. The summed E-state index contributed by atoms with van der Waals surface area (Å²) in [5.41, 5.74) is -0.590. The van der Waals surface area contributed by atoms with E-state index in [1.807, 2.05) is 6.07 Å². The third-order valence-corrected chi connectivity index (χ3v) is 2.61. The van der Waals surface area contributed by atoms with Crippen LogP contribution in [0.4, 0.5) is 0 Å². The largest absolute Gasteiger partial charge is 0.623 e. The lowest BCUT2D eigenvalue weighted by atomic mass is 10.1. The van der Waals surface area contributed by atoms with E-state index in [0.29, 0.717) is 20.3 Å². The zero-order chi connectivity index (χ0) is 12.3. The molecule has 0 heterocycles. The molecule has 1 aromatic carbocycles. The van der Waals surface area contributed by atoms with Crippen molar-refractivity contribution in [2.24, 2.45) is 0 Å². The maximum atomic E-state index is 11.6. The summed E-state index contributed by atoms with van der Waals surface area (Å²) in [6, 6.07) is 6.71. The van der Waals surface area contributed by atoms with Crippen LogP contribution in [-0.4, -0.2) is 16.5 Å². The van der Waals surface area contributed by atoms with Gasteiger partial charge in [0.15, 0.2) is 6.21 Å². The molecule has 0 radical (unpaired) electrons. The van der Waals surface area contributed by atoms with Crippen LogP contribution >= 0.6 is 23.2 Å². The molecule has 0 fully saturated rings. The molecule has 0 saturated carbocycles. The van der Waals surface area contributed by atoms with Gasteiger partial charge in [-0.05, 0) is 18.2 Å². The average molecular weight is 257 g/mol. The molecule has 16 heavy (non-hydrogen) atoms. The van der Waals surface area contributed by atoms with Crippen LogP contribution < -0.4 is 0 Å². The Balaban J connectivity index is 3.14. The highest BCUT2D eigenvalue weighted by molar-refractivity contribution is 6.36. The number of halogens is 2. The van der Waals surface area contributed by atoms with Gasteiger partial charge in [-0.2, -0.15) is 10.0 Å². The molecule has 0 spiro atoms. The van der Waals surface area contributed by atoms with Crippen LogP contribution in [0.1, 0.15) is 19.4 Å². The lowest BCUT2D eigenvalue weighted by Gasteiger charge is -2.15. The Kier molecular flexibility index (Phi) is 3.79. The summed E-state index contributed by atoms with van der Waals surface area (Å²) in [4.78, 5) is 0. The Bertz CT molecular complexity index is 475. The molecule has 5 heteroatoms. The first kappa shape index (κ1) is 12.8. The van der Waals surface area contributed by atoms with Crippen LogP contribution in [-0.2, 0) is 0 Å². The van der Waals surface area contributed by atoms with Crippen molar-refractivity contribution in [3.05, 3.63) is 39.0 Å². The second-order valence-corrected chi connectivity index (χ2v) is 4.64. The summed E-state index contributed by atoms with van der Waals surface area (Å²) in [6.07, 6.45) is 1.28. The number of rotatable bonds is 2. The molecule has 0 aliphatic rings. The predicted octanol–water partition coefficient (Wildman–Crippen LogP) is 3.22. The van der Waals surface area contributed by atoms with Crippen molar-refractivity contribution in [1.29, 1.82) is 5.26 Å². The lowest BCUT2D eigenvalue weighted by molar-refractivity contribution is -0.517. The first-order valence-corrected chi connectivity index (χ1v) is 5.30. The highest BCUT2D eigenvalue weighted by Gasteiger charge is 2.25. The maximum Gasteiger partial charge on any atom is 0.252 e. The molecule has 0 aliphatic carbocycles. The summed E-state index contributed by atoms with van der Waals surface area (Å²) < 4.78 is 0.572. The Morgan fingerprint density at radius 3 is 2.56 bits per heavy atom. The van der Waals surface area contributed by atoms with Crippen molar-refractivity contribution in [2.75, 3.05) is 0 Å². The standard InChI is InChI=1S/C11H10Cl2N2O/c1-11(2,7-14)15(16)6-8-3-4-9(12)5-10(8)13/h3-6H,1-2H3/b15-6-. The molecular formula is C11H10Cl2N2O. The fourth-order valence-corrected chi connectivity index (χ4v) is 1.40. The number of benzene rings is 1. The van der Waals surface area contributed by atoms with Gasteiger partial charge in [-0.15, -0.1) is 0 Å². The molecule has 0 amide bonds. The van der Waals surface area contributed by atoms with E-state index in [1.54, 1.807) is 18.2 Å². The van der Waals surface area contributed by atoms with Gasteiger partial charge >= 0.3 is 0 Å². The minimum atomic E-state index is -1.12. The second kappa shape index (κ2) is 4.73. The van der Waals surface area contributed by atoms with Crippen molar-refractivity contribution in [3.8, 4) is 6.07 Å². The van der Waals surface area contributed by atoms with Crippen molar-refractivity contribution in [3.63, 3.8) is 0 Å². The van der Waals surface area contributed by atoms with Crippen LogP contribution in [0.25, 0.3) is 0 Å². The van der Waals surface area contributed by atoms with Gasteiger partial charge < -0.3 is 5.21 Å². The Hall–Kier alpha value is -1.24. The van der Waals surface area contributed by atoms with Gasteiger partial charge in [-0.25, -0.2) is 0 Å². The van der Waals surface area contributed by atoms with E-state index in [0.717, 1.165) is 0 Å². The molecule has 0 N–H and O–H groups in total. The zero-order valence-corrected chi connectivity index (χ0v) is 10.4. The monoisotopic (exact) mass is 256 g/mol. The van der Waals surface area contributed by atoms with Gasteiger partial charge in [0.05, 0.1) is 10.6 Å². The molecule has 0 bridgehead atoms. The molecule has 3 nitrogen and oxygen atoms in total. The Labute approximate surface area is 104 Å². The minimum Gasteiger partial charge on any atom is -0.623 e. The number of nitriles is 1. The first-order valence-electron chi connectivity index (χ1n) is 4.54. The molecule has 0 aliphatic heterocycles. The molecule has 1 rings (SSSR count). The quantitative estimate of drug-likeness (QED) is 0.353. The maximum absolute atomic E-state index is 11.6. The zero-order valence-electron chi connectivity index (χ0n) is 8.87. The van der Waals surface area contributed by atoms with Gasteiger partial charge in [0.2, 0.25) is 0 Å². The van der Waals surface area contributed by atoms with Crippen LogP contribution in [0, 0.1) is 16.5 Å². The van der Waals surface area contributed by atoms with Crippen LogP contribution in [0.5, 0.6) is 0 Å². The van der Waals surface area contributed by atoms with Gasteiger partial charge in [0.25, 0.3) is 5.54 Å². The van der Waals surface area contributed by atoms with E-state index in [2.05, 4.69) is 0 Å². The van der Waals surface area contributed by atoms with E-state index in [9.17, 15) is 5.21 Å². The van der Waals surface area contributed by atoms with Gasteiger partial charge in [0, 0.05) is 18.9 Å². The van der Waals surface area contributed by atoms with Gasteiger partial charge in [0.1, 0.15) is 6.07 Å². The summed E-state index contributed by atoms with van der Waals surface area (Å²) in [5.74, 6) is 0. The van der Waals surface area contributed by atoms with Crippen LogP contribution in [0.2, 0.25) is 10.0 Å². The van der Waals surface area contributed by atoms with E-state index in [1.165, 1.54) is 20.1 Å². The SMILES string of the molecule is CC(C)(C#N)/[N+]([O-])=C/c1ccc(Cl)cc1Cl. The first-order chi connectivity index (χ1) is 7.36. The summed E-state index contributed by atoms with van der Waals surface area (Å²) in [6.45, 7) is 3.06. The van der Waals surface area contributed by atoms with Gasteiger partial charge in [-0.3, -0.25) is 0 Å². The third kappa shape index (κ3) is 2.88. The minimum absolute atomic E-state index is 0.377. The van der Waals surface area contributed by atoms with Crippen molar-refractivity contribution in [1.82, 2.24) is 0 Å². The smallest absolute Gasteiger partial charge is 0.252 e. The van der Waals surface area contributed by atoms with Crippen LogP contribution in [0.15, 0.2) is 18.2 Å². The Morgan fingerprint density at radius 2 is 2.06 bits per heavy atom. The second-order valence-electron chi connectivity index (χ2n) is 3.79. The summed E-state index contributed by atoms with van der Waals surface area (Å²) in [7, 11) is 0. The highest BCUT2D eigenvalue weighted by Crippen LogP contribution is 2.20. The van der Waals surface area contributed by atoms with Crippen LogP contribution in [0.3, 0.4) is 0 Å².